The molecule has 5 rings (SSSR count). The van der Waals surface area contributed by atoms with Crippen molar-refractivity contribution in [2.45, 2.75) is 11.5 Å². The van der Waals surface area contributed by atoms with Crippen LogP contribution in [0.5, 0.6) is 5.75 Å². The van der Waals surface area contributed by atoms with E-state index in [1.54, 1.807) is 28.6 Å². The average molecular weight is 446 g/mol. The third-order valence-electron chi connectivity index (χ3n) is 5.22. The minimum Gasteiger partial charge on any atom is -0.483 e. The summed E-state index contributed by atoms with van der Waals surface area (Å²) in [6.45, 7) is -0.151. The predicted octanol–water partition coefficient (Wildman–Crippen LogP) is 4.70. The topological polar surface area (TPSA) is 99.3 Å². The summed E-state index contributed by atoms with van der Waals surface area (Å²) >= 11 is 1.72. The number of benzene rings is 3. The molecule has 0 saturated carbocycles. The first-order valence-electron chi connectivity index (χ1n) is 9.94. The average Bonchev–Trinajstić information content (AvgIpc) is 3.40. The van der Waals surface area contributed by atoms with E-state index < -0.39 is 4.92 Å². The molecule has 1 aromatic heterocycles. The molecule has 0 atom stereocenters. The fourth-order valence-corrected chi connectivity index (χ4v) is 4.71. The Hall–Kier alpha value is -3.85. The van der Waals surface area contributed by atoms with Gasteiger partial charge in [0.15, 0.2) is 6.61 Å². The van der Waals surface area contributed by atoms with Crippen molar-refractivity contribution in [3.8, 4) is 11.4 Å². The molecular weight excluding hydrogens is 428 g/mol. The summed E-state index contributed by atoms with van der Waals surface area (Å²) in [4.78, 5) is 23.3. The lowest BCUT2D eigenvalue weighted by Gasteiger charge is -2.12. The lowest BCUT2D eigenvalue weighted by Crippen LogP contribution is -2.22. The third kappa shape index (κ3) is 3.78. The van der Waals surface area contributed by atoms with Gasteiger partial charge in [-0.15, -0.1) is 0 Å². The number of hydrogen-bond acceptors (Lipinski definition) is 6. The van der Waals surface area contributed by atoms with Gasteiger partial charge in [-0.25, -0.2) is 4.68 Å². The van der Waals surface area contributed by atoms with Gasteiger partial charge in [-0.2, -0.15) is 16.9 Å². The Kier molecular flexibility index (Phi) is 5.24. The molecule has 1 amide bonds. The van der Waals surface area contributed by atoms with Gasteiger partial charge in [0.05, 0.1) is 16.3 Å². The molecule has 4 aromatic rings. The molecule has 0 bridgehead atoms. The highest BCUT2D eigenvalue weighted by Crippen LogP contribution is 2.36. The highest BCUT2D eigenvalue weighted by atomic mass is 32.2. The Morgan fingerprint density at radius 2 is 1.88 bits per heavy atom. The van der Waals surface area contributed by atoms with E-state index in [9.17, 15) is 14.9 Å². The standard InChI is InChI=1S/C23H18N4O4S/c28-22(12-31-21-7-3-5-15-4-1-2-6-18(15)21)24-23-19-13-32-14-20(19)25-26(23)16-8-10-17(11-9-16)27(29)30/h1-11H,12-14H2,(H,24,28). The van der Waals surface area contributed by atoms with Crippen LogP contribution in [0.1, 0.15) is 11.3 Å². The molecule has 0 radical (unpaired) electrons. The van der Waals surface area contributed by atoms with Gasteiger partial charge in [0.1, 0.15) is 11.6 Å². The summed E-state index contributed by atoms with van der Waals surface area (Å²) < 4.78 is 7.44. The maximum Gasteiger partial charge on any atom is 0.269 e. The Morgan fingerprint density at radius 3 is 2.69 bits per heavy atom. The zero-order valence-corrected chi connectivity index (χ0v) is 17.7. The predicted molar refractivity (Wildman–Crippen MR) is 123 cm³/mol. The first-order chi connectivity index (χ1) is 15.6. The second kappa shape index (κ2) is 8.35. The van der Waals surface area contributed by atoms with E-state index in [0.717, 1.165) is 33.5 Å². The van der Waals surface area contributed by atoms with Gasteiger partial charge < -0.3 is 10.1 Å². The first kappa shape index (κ1) is 20.1. The lowest BCUT2D eigenvalue weighted by molar-refractivity contribution is -0.384. The molecule has 9 heteroatoms. The number of nitro benzene ring substituents is 1. The highest BCUT2D eigenvalue weighted by molar-refractivity contribution is 7.98. The van der Waals surface area contributed by atoms with Crippen LogP contribution >= 0.6 is 11.8 Å². The summed E-state index contributed by atoms with van der Waals surface area (Å²) in [7, 11) is 0. The van der Waals surface area contributed by atoms with Crippen LogP contribution in [0.15, 0.2) is 66.7 Å². The second-order valence-corrected chi connectivity index (χ2v) is 8.25. The van der Waals surface area contributed by atoms with Gasteiger partial charge in [-0.05, 0) is 23.6 Å². The maximum absolute atomic E-state index is 12.8. The number of nitrogens with one attached hydrogen (secondary N) is 1. The molecule has 3 aromatic carbocycles. The highest BCUT2D eigenvalue weighted by Gasteiger charge is 2.25. The van der Waals surface area contributed by atoms with E-state index in [1.165, 1.54) is 12.1 Å². The molecule has 32 heavy (non-hydrogen) atoms. The van der Waals surface area contributed by atoms with Crippen LogP contribution in [-0.4, -0.2) is 27.2 Å². The van der Waals surface area contributed by atoms with Gasteiger partial charge >= 0.3 is 0 Å². The number of carbonyl (C=O) groups is 1. The number of rotatable bonds is 6. The zero-order valence-electron chi connectivity index (χ0n) is 16.9. The number of thioether (sulfide) groups is 1. The molecule has 0 saturated heterocycles. The Bertz CT molecular complexity index is 1330. The van der Waals surface area contributed by atoms with Crippen LogP contribution in [0, 0.1) is 10.1 Å². The van der Waals surface area contributed by atoms with E-state index in [4.69, 9.17) is 4.74 Å². The number of carbonyl (C=O) groups excluding carboxylic acids is 1. The number of amides is 1. The minimum absolute atomic E-state index is 0.00178. The van der Waals surface area contributed by atoms with Gasteiger partial charge in [0.2, 0.25) is 0 Å². The number of nitrogens with zero attached hydrogens (tertiary/aromatic N) is 3. The third-order valence-corrected chi connectivity index (χ3v) is 6.19. The Balaban J connectivity index is 1.37. The van der Waals surface area contributed by atoms with E-state index in [0.29, 0.717) is 17.3 Å². The molecule has 0 unspecified atom stereocenters. The molecular formula is C23H18N4O4S. The largest absolute Gasteiger partial charge is 0.483 e. The summed E-state index contributed by atoms with van der Waals surface area (Å²) in [6.07, 6.45) is 0. The van der Waals surface area contributed by atoms with Crippen LogP contribution in [0.2, 0.25) is 0 Å². The Labute approximate surface area is 187 Å². The van der Waals surface area contributed by atoms with Crippen LogP contribution in [0.4, 0.5) is 11.5 Å². The van der Waals surface area contributed by atoms with E-state index >= 15 is 0 Å². The summed E-state index contributed by atoms with van der Waals surface area (Å²) in [6, 6.07) is 19.6. The first-order valence-corrected chi connectivity index (χ1v) is 11.1. The molecule has 0 aliphatic carbocycles. The van der Waals surface area contributed by atoms with Crippen LogP contribution in [0.3, 0.4) is 0 Å². The van der Waals surface area contributed by atoms with E-state index in [2.05, 4.69) is 10.4 Å². The van der Waals surface area contributed by atoms with Gasteiger partial charge in [-0.3, -0.25) is 14.9 Å². The van der Waals surface area contributed by atoms with Gasteiger partial charge in [0.25, 0.3) is 11.6 Å². The van der Waals surface area contributed by atoms with Crippen LogP contribution in [0.25, 0.3) is 16.5 Å². The van der Waals surface area contributed by atoms with Crippen molar-refractivity contribution in [3.05, 3.63) is 88.1 Å². The fourth-order valence-electron chi connectivity index (χ4n) is 3.68. The van der Waals surface area contributed by atoms with Crippen molar-refractivity contribution in [3.63, 3.8) is 0 Å². The normalized spacial score (nSPS) is 12.5. The number of fused-ring (bicyclic) bond motifs is 2. The van der Waals surface area contributed by atoms with Crippen LogP contribution in [-0.2, 0) is 16.3 Å². The SMILES string of the molecule is O=C(COc1cccc2ccccc12)Nc1c2c(nn1-c1ccc([N+](=O)[O-])cc1)CSC2. The summed E-state index contributed by atoms with van der Waals surface area (Å²) in [5.41, 5.74) is 2.50. The quantitative estimate of drug-likeness (QED) is 0.341. The van der Waals surface area contributed by atoms with Gasteiger partial charge in [0, 0.05) is 34.6 Å². The summed E-state index contributed by atoms with van der Waals surface area (Å²) in [5.74, 6) is 2.40. The second-order valence-electron chi connectivity index (χ2n) is 7.27. The number of anilines is 1. The molecule has 1 N–H and O–H groups in total. The van der Waals surface area contributed by atoms with E-state index in [1.807, 2.05) is 42.5 Å². The van der Waals surface area contributed by atoms with Crippen molar-refractivity contribution in [1.82, 2.24) is 9.78 Å². The maximum atomic E-state index is 12.8. The lowest BCUT2D eigenvalue weighted by atomic mass is 10.1. The smallest absolute Gasteiger partial charge is 0.269 e. The number of aromatic nitrogens is 2. The van der Waals surface area contributed by atoms with Crippen molar-refractivity contribution in [1.29, 1.82) is 0 Å². The molecule has 1 aliphatic heterocycles. The van der Waals surface area contributed by atoms with E-state index in [-0.39, 0.29) is 18.2 Å². The van der Waals surface area contributed by atoms with Crippen LogP contribution < -0.4 is 10.1 Å². The number of nitro groups is 1. The van der Waals surface area contributed by atoms with Crippen molar-refractivity contribution in [2.24, 2.45) is 0 Å². The Morgan fingerprint density at radius 1 is 1.09 bits per heavy atom. The molecule has 2 heterocycles. The molecule has 0 fully saturated rings. The molecule has 160 valence electrons. The fraction of sp³-hybridized carbons (Fsp3) is 0.130. The monoisotopic (exact) mass is 446 g/mol. The van der Waals surface area contributed by atoms with Crippen molar-refractivity contribution < 1.29 is 14.5 Å². The summed E-state index contributed by atoms with van der Waals surface area (Å²) in [5, 5.41) is 20.5. The van der Waals surface area contributed by atoms with Crippen molar-refractivity contribution >= 4 is 39.9 Å². The molecule has 1 aliphatic rings. The number of hydrogen-bond donors (Lipinski definition) is 1. The number of non-ortho nitro benzene ring substituents is 1. The minimum atomic E-state index is -0.448. The molecule has 8 nitrogen and oxygen atoms in total. The van der Waals surface area contributed by atoms with Crippen molar-refractivity contribution in [2.75, 3.05) is 11.9 Å². The molecule has 0 spiro atoms. The zero-order chi connectivity index (χ0) is 22.1. The van der Waals surface area contributed by atoms with Gasteiger partial charge in [-0.1, -0.05) is 36.4 Å². The number of ether oxygens (including phenoxy) is 1.